The first kappa shape index (κ1) is 10.6. The van der Waals surface area contributed by atoms with Gasteiger partial charge in [0.25, 0.3) is 0 Å². The lowest BCUT2D eigenvalue weighted by Gasteiger charge is -2.33. The minimum Gasteiger partial charge on any atom is -0.130 e. The summed E-state index contributed by atoms with van der Waals surface area (Å²) < 4.78 is 0. The van der Waals surface area contributed by atoms with Crippen LogP contribution in [0.15, 0.2) is 17.9 Å². The average Bonchev–Trinajstić information content (AvgIpc) is 2.15. The lowest BCUT2D eigenvalue weighted by molar-refractivity contribution is 0.199. The molecule has 13 heavy (non-hydrogen) atoms. The Bertz CT molecular complexity index is 200. The molecule has 0 nitrogen and oxygen atoms in total. The molecule has 1 rings (SSSR count). The number of hydrogen-bond acceptors (Lipinski definition) is 0. The molecule has 1 aliphatic carbocycles. The second-order valence-corrected chi connectivity index (χ2v) is 4.83. The van der Waals surface area contributed by atoms with Gasteiger partial charge in [-0.15, -0.1) is 5.73 Å². The van der Waals surface area contributed by atoms with E-state index < -0.39 is 0 Å². The van der Waals surface area contributed by atoms with E-state index in [1.54, 1.807) is 0 Å². The molecule has 0 saturated heterocycles. The molecule has 0 bridgehead atoms. The standard InChI is InChI=1S/C13H22/c1-4-12(2)8-11-13(3)9-6-5-7-10-13/h1,5-11H2,2-3H3. The van der Waals surface area contributed by atoms with E-state index in [1.807, 2.05) is 0 Å². The Hall–Kier alpha value is -0.480. The zero-order chi connectivity index (χ0) is 9.73. The molecular formula is C13H22. The Morgan fingerprint density at radius 1 is 1.31 bits per heavy atom. The summed E-state index contributed by atoms with van der Waals surface area (Å²) in [4.78, 5) is 0. The van der Waals surface area contributed by atoms with Crippen molar-refractivity contribution in [2.75, 3.05) is 0 Å². The third kappa shape index (κ3) is 3.40. The Morgan fingerprint density at radius 2 is 1.92 bits per heavy atom. The van der Waals surface area contributed by atoms with Crippen molar-refractivity contribution in [3.63, 3.8) is 0 Å². The van der Waals surface area contributed by atoms with Crippen molar-refractivity contribution in [1.29, 1.82) is 0 Å². The van der Waals surface area contributed by atoms with Gasteiger partial charge in [-0.3, -0.25) is 0 Å². The maximum Gasteiger partial charge on any atom is -0.0242 e. The lowest BCUT2D eigenvalue weighted by atomic mass is 9.72. The minimum atomic E-state index is 0.621. The van der Waals surface area contributed by atoms with Crippen LogP contribution < -0.4 is 0 Å². The van der Waals surface area contributed by atoms with E-state index in [1.165, 1.54) is 50.5 Å². The van der Waals surface area contributed by atoms with Crippen molar-refractivity contribution >= 4 is 0 Å². The Kier molecular flexibility index (Phi) is 3.81. The molecule has 1 aliphatic rings. The van der Waals surface area contributed by atoms with Crippen molar-refractivity contribution in [3.05, 3.63) is 17.9 Å². The Balaban J connectivity index is 2.37. The SMILES string of the molecule is C=C=C(C)CCC1(C)CCCCC1. The molecule has 0 unspecified atom stereocenters. The summed E-state index contributed by atoms with van der Waals surface area (Å²) in [5, 5.41) is 0. The number of hydrogen-bond donors (Lipinski definition) is 0. The fourth-order valence-electron chi connectivity index (χ4n) is 2.23. The van der Waals surface area contributed by atoms with E-state index in [0.717, 1.165) is 0 Å². The van der Waals surface area contributed by atoms with Crippen LogP contribution in [0.5, 0.6) is 0 Å². The molecule has 0 amide bonds. The zero-order valence-electron chi connectivity index (χ0n) is 9.16. The fourth-order valence-corrected chi connectivity index (χ4v) is 2.23. The summed E-state index contributed by atoms with van der Waals surface area (Å²) >= 11 is 0. The molecule has 0 N–H and O–H groups in total. The molecule has 1 fully saturated rings. The fraction of sp³-hybridized carbons (Fsp3) is 0.769. The predicted octanol–water partition coefficient (Wildman–Crippen LogP) is 4.47. The Morgan fingerprint density at radius 3 is 2.46 bits per heavy atom. The van der Waals surface area contributed by atoms with Crippen LogP contribution in [0.2, 0.25) is 0 Å². The first-order valence-electron chi connectivity index (χ1n) is 5.52. The van der Waals surface area contributed by atoms with E-state index in [2.05, 4.69) is 26.2 Å². The molecule has 74 valence electrons. The van der Waals surface area contributed by atoms with Crippen LogP contribution in [0.1, 0.15) is 58.8 Å². The van der Waals surface area contributed by atoms with Crippen LogP contribution in [0.25, 0.3) is 0 Å². The van der Waals surface area contributed by atoms with Crippen LogP contribution in [-0.2, 0) is 0 Å². The molecule has 0 radical (unpaired) electrons. The van der Waals surface area contributed by atoms with E-state index in [4.69, 9.17) is 0 Å². The van der Waals surface area contributed by atoms with Gasteiger partial charge in [0.05, 0.1) is 0 Å². The van der Waals surface area contributed by atoms with Gasteiger partial charge in [-0.25, -0.2) is 0 Å². The second kappa shape index (κ2) is 4.67. The molecule has 0 spiro atoms. The summed E-state index contributed by atoms with van der Waals surface area (Å²) in [6, 6.07) is 0. The minimum absolute atomic E-state index is 0.621. The van der Waals surface area contributed by atoms with Gasteiger partial charge in [-0.1, -0.05) is 32.8 Å². The summed E-state index contributed by atoms with van der Waals surface area (Å²) in [5.41, 5.74) is 4.94. The van der Waals surface area contributed by atoms with Gasteiger partial charge in [-0.05, 0) is 43.6 Å². The molecule has 0 heteroatoms. The quantitative estimate of drug-likeness (QED) is 0.559. The Labute approximate surface area is 82.7 Å². The number of allylic oxidation sites excluding steroid dienone is 1. The highest BCUT2D eigenvalue weighted by atomic mass is 14.3. The van der Waals surface area contributed by atoms with Gasteiger partial charge in [0.1, 0.15) is 0 Å². The van der Waals surface area contributed by atoms with Crippen LogP contribution in [0, 0.1) is 5.41 Å². The topological polar surface area (TPSA) is 0 Å². The average molecular weight is 178 g/mol. The summed E-state index contributed by atoms with van der Waals surface area (Å²) in [7, 11) is 0. The maximum absolute atomic E-state index is 3.69. The third-order valence-corrected chi connectivity index (χ3v) is 3.47. The first-order chi connectivity index (χ1) is 6.16. The van der Waals surface area contributed by atoms with Gasteiger partial charge < -0.3 is 0 Å². The number of rotatable bonds is 3. The van der Waals surface area contributed by atoms with E-state index >= 15 is 0 Å². The van der Waals surface area contributed by atoms with Gasteiger partial charge in [-0.2, -0.15) is 0 Å². The van der Waals surface area contributed by atoms with Crippen LogP contribution in [0.3, 0.4) is 0 Å². The second-order valence-electron chi connectivity index (χ2n) is 4.83. The monoisotopic (exact) mass is 178 g/mol. The van der Waals surface area contributed by atoms with E-state index in [-0.39, 0.29) is 0 Å². The third-order valence-electron chi connectivity index (χ3n) is 3.47. The van der Waals surface area contributed by atoms with Gasteiger partial charge in [0, 0.05) is 0 Å². The smallest absolute Gasteiger partial charge is 0.0242 e. The molecule has 0 aromatic heterocycles. The van der Waals surface area contributed by atoms with E-state index in [0.29, 0.717) is 5.41 Å². The summed E-state index contributed by atoms with van der Waals surface area (Å²) in [6.45, 7) is 8.27. The highest BCUT2D eigenvalue weighted by molar-refractivity contribution is 4.95. The molecule has 0 aromatic carbocycles. The van der Waals surface area contributed by atoms with Crippen molar-refractivity contribution in [2.24, 2.45) is 5.41 Å². The van der Waals surface area contributed by atoms with Gasteiger partial charge in [0.2, 0.25) is 0 Å². The molecule has 1 saturated carbocycles. The van der Waals surface area contributed by atoms with Gasteiger partial charge in [0.15, 0.2) is 0 Å². The molecular weight excluding hydrogens is 156 g/mol. The van der Waals surface area contributed by atoms with Crippen molar-refractivity contribution in [1.82, 2.24) is 0 Å². The van der Waals surface area contributed by atoms with Crippen LogP contribution >= 0.6 is 0 Å². The largest absolute Gasteiger partial charge is 0.130 e. The lowest BCUT2D eigenvalue weighted by Crippen LogP contribution is -2.19. The first-order valence-corrected chi connectivity index (χ1v) is 5.52. The zero-order valence-corrected chi connectivity index (χ0v) is 9.16. The summed E-state index contributed by atoms with van der Waals surface area (Å²) in [6.07, 6.45) is 9.71. The van der Waals surface area contributed by atoms with E-state index in [9.17, 15) is 0 Å². The van der Waals surface area contributed by atoms with Crippen molar-refractivity contribution in [2.45, 2.75) is 58.8 Å². The molecule has 0 aromatic rings. The highest BCUT2D eigenvalue weighted by Gasteiger charge is 2.25. The normalized spacial score (nSPS) is 20.8. The molecule has 0 heterocycles. The predicted molar refractivity (Wildman–Crippen MR) is 58.8 cm³/mol. The highest BCUT2D eigenvalue weighted by Crippen LogP contribution is 2.40. The summed E-state index contributed by atoms with van der Waals surface area (Å²) in [5.74, 6) is 0. The van der Waals surface area contributed by atoms with Crippen LogP contribution in [0.4, 0.5) is 0 Å². The maximum atomic E-state index is 3.69. The van der Waals surface area contributed by atoms with Gasteiger partial charge >= 0.3 is 0 Å². The van der Waals surface area contributed by atoms with Crippen LogP contribution in [-0.4, -0.2) is 0 Å². The molecule has 0 aliphatic heterocycles. The molecule has 0 atom stereocenters. The van der Waals surface area contributed by atoms with Crippen molar-refractivity contribution < 1.29 is 0 Å². The van der Waals surface area contributed by atoms with Crippen molar-refractivity contribution in [3.8, 4) is 0 Å².